The average Bonchev–Trinajstić information content (AvgIpc) is 2.13. The van der Waals surface area contributed by atoms with E-state index in [0.29, 0.717) is 12.3 Å². The summed E-state index contributed by atoms with van der Waals surface area (Å²) in [5.41, 5.74) is -0.633. The monoisotopic (exact) mass is 229 g/mol. The zero-order chi connectivity index (χ0) is 11.9. The van der Waals surface area contributed by atoms with E-state index >= 15 is 0 Å². The minimum absolute atomic E-state index is 0.289. The van der Waals surface area contributed by atoms with E-state index in [0.717, 1.165) is 6.20 Å². The van der Waals surface area contributed by atoms with Crippen LogP contribution in [0.25, 0.3) is 0 Å². The smallest absolute Gasteiger partial charge is 0.274 e. The Kier molecular flexibility index (Phi) is 5.64. The van der Waals surface area contributed by atoms with Crippen LogP contribution in [0.15, 0.2) is 12.0 Å². The van der Waals surface area contributed by atoms with E-state index in [9.17, 15) is 10.1 Å². The molecule has 6 heteroatoms. The second-order valence-electron chi connectivity index (χ2n) is 3.37. The van der Waals surface area contributed by atoms with Crippen molar-refractivity contribution in [1.29, 1.82) is 0 Å². The fourth-order valence-corrected chi connectivity index (χ4v) is 0.903. The highest BCUT2D eigenvalue weighted by molar-refractivity contribution is 7.80. The van der Waals surface area contributed by atoms with Crippen molar-refractivity contribution < 1.29 is 4.92 Å². The van der Waals surface area contributed by atoms with Crippen LogP contribution in [0.3, 0.4) is 0 Å². The standard InChI is InChI=1S/C9H15N3O2S/c1-4-9(2,3)11-8(7-12(13)14)10-5-6-15/h1,7,10-11,15H,5-6H2,2-3H3. The van der Waals surface area contributed by atoms with Crippen molar-refractivity contribution in [2.75, 3.05) is 12.3 Å². The molecule has 0 aromatic carbocycles. The molecule has 2 N–H and O–H groups in total. The summed E-state index contributed by atoms with van der Waals surface area (Å²) < 4.78 is 0. The van der Waals surface area contributed by atoms with Gasteiger partial charge >= 0.3 is 0 Å². The molecular weight excluding hydrogens is 214 g/mol. The lowest BCUT2D eigenvalue weighted by molar-refractivity contribution is -0.404. The van der Waals surface area contributed by atoms with E-state index in [2.05, 4.69) is 29.2 Å². The lowest BCUT2D eigenvalue weighted by Crippen LogP contribution is -2.42. The maximum atomic E-state index is 10.3. The fourth-order valence-electron chi connectivity index (χ4n) is 0.791. The van der Waals surface area contributed by atoms with E-state index in [4.69, 9.17) is 6.42 Å². The van der Waals surface area contributed by atoms with E-state index in [1.807, 2.05) is 0 Å². The van der Waals surface area contributed by atoms with Gasteiger partial charge in [0.1, 0.15) is 0 Å². The SMILES string of the molecule is C#CC(C)(C)NC(=C[N+](=O)[O-])NCCS. The number of hydrogen-bond acceptors (Lipinski definition) is 5. The molecule has 84 valence electrons. The molecule has 0 amide bonds. The van der Waals surface area contributed by atoms with Gasteiger partial charge in [-0.25, -0.2) is 0 Å². The van der Waals surface area contributed by atoms with E-state index in [1.54, 1.807) is 13.8 Å². The summed E-state index contributed by atoms with van der Waals surface area (Å²) in [4.78, 5) is 9.78. The first kappa shape index (κ1) is 13.7. The Hall–Kier alpha value is -1.35. The number of nitro groups is 1. The van der Waals surface area contributed by atoms with Crippen LogP contribution in [0.1, 0.15) is 13.8 Å². The fraction of sp³-hybridized carbons (Fsp3) is 0.556. The molecule has 0 saturated carbocycles. The van der Waals surface area contributed by atoms with Crippen LogP contribution in [-0.4, -0.2) is 22.8 Å². The van der Waals surface area contributed by atoms with Gasteiger partial charge in [-0.3, -0.25) is 10.1 Å². The third-order valence-corrected chi connectivity index (χ3v) is 1.69. The van der Waals surface area contributed by atoms with Crippen LogP contribution in [-0.2, 0) is 0 Å². The summed E-state index contributed by atoms with van der Waals surface area (Å²) in [6.07, 6.45) is 6.11. The van der Waals surface area contributed by atoms with Gasteiger partial charge in [-0.15, -0.1) is 6.42 Å². The topological polar surface area (TPSA) is 67.2 Å². The average molecular weight is 229 g/mol. The minimum Gasteiger partial charge on any atom is -0.366 e. The molecule has 0 bridgehead atoms. The third-order valence-electron chi connectivity index (χ3n) is 1.47. The van der Waals surface area contributed by atoms with Gasteiger partial charge in [-0.1, -0.05) is 5.92 Å². The van der Waals surface area contributed by atoms with Crippen molar-refractivity contribution >= 4 is 12.6 Å². The third kappa shape index (κ3) is 6.69. The minimum atomic E-state index is -0.633. The van der Waals surface area contributed by atoms with Crippen molar-refractivity contribution in [1.82, 2.24) is 10.6 Å². The summed E-state index contributed by atoms with van der Waals surface area (Å²) in [5.74, 6) is 3.35. The Bertz CT molecular complexity index is 294. The Morgan fingerprint density at radius 1 is 1.73 bits per heavy atom. The van der Waals surface area contributed by atoms with Crippen LogP contribution < -0.4 is 10.6 Å². The molecule has 0 unspecified atom stereocenters. The Labute approximate surface area is 94.9 Å². The van der Waals surface area contributed by atoms with Crippen LogP contribution in [0.2, 0.25) is 0 Å². The van der Waals surface area contributed by atoms with Crippen molar-refractivity contribution in [2.24, 2.45) is 0 Å². The molecule has 0 fully saturated rings. The molecule has 0 aliphatic carbocycles. The highest BCUT2D eigenvalue weighted by atomic mass is 32.1. The first-order chi connectivity index (χ1) is 6.91. The highest BCUT2D eigenvalue weighted by Crippen LogP contribution is 2.02. The second-order valence-corrected chi connectivity index (χ2v) is 3.82. The Morgan fingerprint density at radius 3 is 2.73 bits per heavy atom. The van der Waals surface area contributed by atoms with Gasteiger partial charge in [-0.2, -0.15) is 12.6 Å². The van der Waals surface area contributed by atoms with Gasteiger partial charge in [0.2, 0.25) is 0 Å². The maximum absolute atomic E-state index is 10.3. The zero-order valence-corrected chi connectivity index (χ0v) is 9.67. The normalized spacial score (nSPS) is 11.7. The first-order valence-corrected chi connectivity index (χ1v) is 5.00. The summed E-state index contributed by atoms with van der Waals surface area (Å²) in [5, 5.41) is 16.0. The van der Waals surface area contributed by atoms with Gasteiger partial charge < -0.3 is 10.6 Å². The Morgan fingerprint density at radius 2 is 2.33 bits per heavy atom. The molecule has 0 heterocycles. The summed E-state index contributed by atoms with van der Waals surface area (Å²) >= 11 is 3.99. The Balaban J connectivity index is 4.53. The highest BCUT2D eigenvalue weighted by Gasteiger charge is 2.16. The molecule has 0 atom stereocenters. The van der Waals surface area contributed by atoms with Crippen LogP contribution in [0, 0.1) is 22.5 Å². The van der Waals surface area contributed by atoms with Crippen LogP contribution in [0.5, 0.6) is 0 Å². The van der Waals surface area contributed by atoms with E-state index in [-0.39, 0.29) is 5.82 Å². The number of rotatable bonds is 6. The van der Waals surface area contributed by atoms with Gasteiger partial charge in [0.05, 0.1) is 10.5 Å². The van der Waals surface area contributed by atoms with Gasteiger partial charge in [0, 0.05) is 12.3 Å². The van der Waals surface area contributed by atoms with Crippen molar-refractivity contribution in [3.8, 4) is 12.3 Å². The molecule has 0 aliphatic heterocycles. The largest absolute Gasteiger partial charge is 0.366 e. The molecule has 5 nitrogen and oxygen atoms in total. The van der Waals surface area contributed by atoms with Crippen LogP contribution >= 0.6 is 12.6 Å². The molecule has 0 saturated heterocycles. The first-order valence-electron chi connectivity index (χ1n) is 4.37. The van der Waals surface area contributed by atoms with Gasteiger partial charge in [0.15, 0.2) is 5.82 Å². The van der Waals surface area contributed by atoms with Crippen LogP contribution in [0.4, 0.5) is 0 Å². The number of hydrogen-bond donors (Lipinski definition) is 3. The molecule has 15 heavy (non-hydrogen) atoms. The molecule has 0 aromatic heterocycles. The number of terminal acetylenes is 1. The summed E-state index contributed by atoms with van der Waals surface area (Å²) in [6, 6.07) is 0. The van der Waals surface area contributed by atoms with Crippen molar-refractivity contribution in [3.63, 3.8) is 0 Å². The van der Waals surface area contributed by atoms with Gasteiger partial charge in [-0.05, 0) is 13.8 Å². The number of nitrogens with one attached hydrogen (secondary N) is 2. The summed E-state index contributed by atoms with van der Waals surface area (Å²) in [7, 11) is 0. The molecule has 0 radical (unpaired) electrons. The number of nitrogens with zero attached hydrogens (tertiary/aromatic N) is 1. The zero-order valence-electron chi connectivity index (χ0n) is 8.78. The quantitative estimate of drug-likeness (QED) is 0.270. The lowest BCUT2D eigenvalue weighted by Gasteiger charge is -2.22. The van der Waals surface area contributed by atoms with Gasteiger partial charge in [0.25, 0.3) is 6.20 Å². The maximum Gasteiger partial charge on any atom is 0.274 e. The van der Waals surface area contributed by atoms with Crippen molar-refractivity contribution in [3.05, 3.63) is 22.1 Å². The van der Waals surface area contributed by atoms with E-state index in [1.165, 1.54) is 0 Å². The number of thiol groups is 1. The molecule has 0 spiro atoms. The lowest BCUT2D eigenvalue weighted by atomic mass is 10.1. The molecule has 0 aromatic rings. The predicted octanol–water partition coefficient (Wildman–Crippen LogP) is 0.583. The molecule has 0 rings (SSSR count). The van der Waals surface area contributed by atoms with E-state index < -0.39 is 10.5 Å². The molecular formula is C9H15N3O2S. The second kappa shape index (κ2) is 6.19. The summed E-state index contributed by atoms with van der Waals surface area (Å²) in [6.45, 7) is 4.03. The predicted molar refractivity (Wildman–Crippen MR) is 63.0 cm³/mol. The molecule has 0 aliphatic rings. The van der Waals surface area contributed by atoms with Crippen molar-refractivity contribution in [2.45, 2.75) is 19.4 Å².